The van der Waals surface area contributed by atoms with E-state index in [4.69, 9.17) is 4.52 Å². The van der Waals surface area contributed by atoms with Gasteiger partial charge in [-0.15, -0.1) is 0 Å². The third kappa shape index (κ3) is 4.41. The van der Waals surface area contributed by atoms with E-state index in [1.807, 2.05) is 19.9 Å². The van der Waals surface area contributed by atoms with Crippen LogP contribution in [0.1, 0.15) is 55.7 Å². The molecule has 2 N–H and O–H groups in total. The third-order valence-electron chi connectivity index (χ3n) is 3.94. The Morgan fingerprint density at radius 2 is 1.92 bits per heavy atom. The molecule has 0 fully saturated rings. The van der Waals surface area contributed by atoms with Gasteiger partial charge >= 0.3 is 0 Å². The van der Waals surface area contributed by atoms with E-state index >= 15 is 0 Å². The summed E-state index contributed by atoms with van der Waals surface area (Å²) in [5, 5.41) is 17.3. The van der Waals surface area contributed by atoms with Crippen molar-refractivity contribution in [2.45, 2.75) is 52.1 Å². The molecule has 2 aromatic rings. The molecule has 1 amide bonds. The van der Waals surface area contributed by atoms with Crippen LogP contribution in [0.15, 0.2) is 28.8 Å². The highest BCUT2D eigenvalue weighted by Crippen LogP contribution is 2.23. The summed E-state index contributed by atoms with van der Waals surface area (Å²) in [6, 6.07) is 7.08. The van der Waals surface area contributed by atoms with Crippen LogP contribution >= 0.6 is 0 Å². The van der Waals surface area contributed by atoms with Gasteiger partial charge in [-0.05, 0) is 31.9 Å². The van der Waals surface area contributed by atoms with E-state index in [0.29, 0.717) is 35.7 Å². The molecular formula is C18H25N3O3. The van der Waals surface area contributed by atoms with E-state index in [1.54, 1.807) is 25.1 Å². The van der Waals surface area contributed by atoms with Crippen LogP contribution in [-0.4, -0.2) is 33.3 Å². The van der Waals surface area contributed by atoms with E-state index < -0.39 is 5.60 Å². The Kier molecular flexibility index (Phi) is 6.09. The van der Waals surface area contributed by atoms with Crippen molar-refractivity contribution < 1.29 is 14.4 Å². The highest BCUT2D eigenvalue weighted by molar-refractivity contribution is 5.99. The maximum absolute atomic E-state index is 12.6. The summed E-state index contributed by atoms with van der Waals surface area (Å²) in [5.41, 5.74) is 0.177. The maximum Gasteiger partial charge on any atom is 0.258 e. The number of aromatic nitrogens is 2. The number of carbonyl (C=O) groups excluding carboxylic acids is 1. The number of nitrogens with zero attached hydrogens (tertiary/aromatic N) is 2. The average molecular weight is 331 g/mol. The number of benzene rings is 1. The molecule has 0 aliphatic heterocycles. The second-order valence-electron chi connectivity index (χ2n) is 6.10. The Morgan fingerprint density at radius 3 is 2.50 bits per heavy atom. The zero-order valence-electron chi connectivity index (χ0n) is 14.5. The molecule has 0 atom stereocenters. The van der Waals surface area contributed by atoms with Crippen molar-refractivity contribution in [3.63, 3.8) is 0 Å². The fraction of sp³-hybridized carbons (Fsp3) is 0.500. The van der Waals surface area contributed by atoms with Gasteiger partial charge in [-0.25, -0.2) is 0 Å². The monoisotopic (exact) mass is 331 g/mol. The highest BCUT2D eigenvalue weighted by atomic mass is 16.5. The first kappa shape index (κ1) is 18.1. The molecule has 0 aliphatic carbocycles. The van der Waals surface area contributed by atoms with Gasteiger partial charge in [0.1, 0.15) is 0 Å². The van der Waals surface area contributed by atoms with Crippen molar-refractivity contribution in [2.75, 3.05) is 6.54 Å². The number of nitrogens with one attached hydrogen (secondary N) is 1. The molecule has 0 saturated heterocycles. The van der Waals surface area contributed by atoms with Crippen LogP contribution < -0.4 is 5.32 Å². The molecule has 0 radical (unpaired) electrons. The van der Waals surface area contributed by atoms with Crippen molar-refractivity contribution in [2.24, 2.45) is 0 Å². The molecule has 6 heteroatoms. The molecule has 2 rings (SSSR count). The Bertz CT molecular complexity index is 676. The van der Waals surface area contributed by atoms with Crippen molar-refractivity contribution in [1.82, 2.24) is 15.5 Å². The topological polar surface area (TPSA) is 88.2 Å². The minimum absolute atomic E-state index is 0.227. The van der Waals surface area contributed by atoms with E-state index in [-0.39, 0.29) is 12.5 Å². The van der Waals surface area contributed by atoms with Crippen LogP contribution in [0.2, 0.25) is 0 Å². The minimum Gasteiger partial charge on any atom is -0.388 e. The number of aliphatic hydroxyl groups is 1. The second kappa shape index (κ2) is 8.06. The molecule has 24 heavy (non-hydrogen) atoms. The van der Waals surface area contributed by atoms with Crippen molar-refractivity contribution >= 4 is 5.91 Å². The molecule has 1 heterocycles. The number of aryl methyl sites for hydroxylation is 1. The highest BCUT2D eigenvalue weighted by Gasteiger charge is 2.26. The van der Waals surface area contributed by atoms with Crippen LogP contribution in [0.4, 0.5) is 0 Å². The Labute approximate surface area is 142 Å². The number of hydrogen-bond donors (Lipinski definition) is 2. The second-order valence-corrected chi connectivity index (χ2v) is 6.10. The molecule has 1 aromatic carbocycles. The largest absolute Gasteiger partial charge is 0.388 e. The van der Waals surface area contributed by atoms with Gasteiger partial charge in [0, 0.05) is 6.54 Å². The van der Waals surface area contributed by atoms with E-state index in [9.17, 15) is 9.90 Å². The van der Waals surface area contributed by atoms with Gasteiger partial charge in [0.05, 0.1) is 16.7 Å². The minimum atomic E-state index is -0.866. The summed E-state index contributed by atoms with van der Waals surface area (Å²) in [6.45, 7) is 6.00. The SMILES string of the molecule is CCCC(O)(CCC)CNC(=O)c1ccccc1-c1nc(C)no1. The van der Waals surface area contributed by atoms with Crippen LogP contribution in [0.3, 0.4) is 0 Å². The first-order valence-electron chi connectivity index (χ1n) is 8.39. The van der Waals surface area contributed by atoms with Crippen molar-refractivity contribution in [3.05, 3.63) is 35.7 Å². The van der Waals surface area contributed by atoms with Crippen molar-refractivity contribution in [3.8, 4) is 11.5 Å². The molecule has 0 saturated carbocycles. The molecule has 1 aromatic heterocycles. The molecule has 0 bridgehead atoms. The normalized spacial score (nSPS) is 11.5. The summed E-state index contributed by atoms with van der Waals surface area (Å²) in [5.74, 6) is 0.572. The van der Waals surface area contributed by atoms with Gasteiger partial charge in [-0.2, -0.15) is 4.98 Å². The molecular weight excluding hydrogens is 306 g/mol. The fourth-order valence-corrected chi connectivity index (χ4v) is 2.85. The van der Waals surface area contributed by atoms with Crippen LogP contribution in [0.5, 0.6) is 0 Å². The van der Waals surface area contributed by atoms with E-state index in [2.05, 4.69) is 15.5 Å². The lowest BCUT2D eigenvalue weighted by Crippen LogP contribution is -2.43. The number of carbonyl (C=O) groups is 1. The summed E-state index contributed by atoms with van der Waals surface area (Å²) in [6.07, 6.45) is 3.05. The number of hydrogen-bond acceptors (Lipinski definition) is 5. The van der Waals surface area contributed by atoms with Gasteiger partial charge in [0.25, 0.3) is 11.8 Å². The van der Waals surface area contributed by atoms with Gasteiger partial charge < -0.3 is 14.9 Å². The lowest BCUT2D eigenvalue weighted by Gasteiger charge is -2.27. The molecule has 0 unspecified atom stereocenters. The first-order chi connectivity index (χ1) is 11.5. The van der Waals surface area contributed by atoms with Gasteiger partial charge in [0.2, 0.25) is 0 Å². The summed E-state index contributed by atoms with van der Waals surface area (Å²) < 4.78 is 5.17. The predicted molar refractivity (Wildman–Crippen MR) is 91.6 cm³/mol. The smallest absolute Gasteiger partial charge is 0.258 e. The molecule has 130 valence electrons. The Morgan fingerprint density at radius 1 is 1.25 bits per heavy atom. The van der Waals surface area contributed by atoms with E-state index in [0.717, 1.165) is 12.8 Å². The Hall–Kier alpha value is -2.21. The first-order valence-corrected chi connectivity index (χ1v) is 8.39. The molecule has 0 spiro atoms. The summed E-state index contributed by atoms with van der Waals surface area (Å²) in [4.78, 5) is 16.8. The molecule has 6 nitrogen and oxygen atoms in total. The van der Waals surface area contributed by atoms with Crippen LogP contribution in [-0.2, 0) is 0 Å². The van der Waals surface area contributed by atoms with Crippen LogP contribution in [0.25, 0.3) is 11.5 Å². The van der Waals surface area contributed by atoms with Gasteiger partial charge in [-0.1, -0.05) is 44.0 Å². The summed E-state index contributed by atoms with van der Waals surface area (Å²) >= 11 is 0. The maximum atomic E-state index is 12.6. The fourth-order valence-electron chi connectivity index (χ4n) is 2.85. The van der Waals surface area contributed by atoms with Crippen LogP contribution in [0, 0.1) is 6.92 Å². The third-order valence-corrected chi connectivity index (χ3v) is 3.94. The zero-order chi connectivity index (χ0) is 17.6. The van der Waals surface area contributed by atoms with E-state index in [1.165, 1.54) is 0 Å². The lowest BCUT2D eigenvalue weighted by molar-refractivity contribution is 0.0213. The predicted octanol–water partition coefficient (Wildman–Crippen LogP) is 3.11. The van der Waals surface area contributed by atoms with Crippen molar-refractivity contribution in [1.29, 1.82) is 0 Å². The lowest BCUT2D eigenvalue weighted by atomic mass is 9.92. The standard InChI is InChI=1S/C18H25N3O3/c1-4-10-18(23,11-5-2)12-19-16(22)14-8-6-7-9-15(14)17-20-13(3)21-24-17/h6-9,23H,4-5,10-12H2,1-3H3,(H,19,22). The zero-order valence-corrected chi connectivity index (χ0v) is 14.5. The summed E-state index contributed by atoms with van der Waals surface area (Å²) in [7, 11) is 0. The number of amides is 1. The molecule has 0 aliphatic rings. The number of rotatable bonds is 8. The average Bonchev–Trinajstić information content (AvgIpc) is 2.99. The van der Waals surface area contributed by atoms with Gasteiger partial charge in [-0.3, -0.25) is 4.79 Å². The Balaban J connectivity index is 2.16. The van der Waals surface area contributed by atoms with Gasteiger partial charge in [0.15, 0.2) is 5.82 Å². The quantitative estimate of drug-likeness (QED) is 0.776.